The van der Waals surface area contributed by atoms with E-state index < -0.39 is 11.1 Å². The zero-order valence-electron chi connectivity index (χ0n) is 11.6. The van der Waals surface area contributed by atoms with Crippen LogP contribution in [0.3, 0.4) is 0 Å². The van der Waals surface area contributed by atoms with Crippen molar-refractivity contribution >= 4 is 22.7 Å². The van der Waals surface area contributed by atoms with E-state index in [-0.39, 0.29) is 5.92 Å². The SMILES string of the molecule is Cc1cc(Cl)cc2c1CNC[C@H]2c1cccc(S(=O)[O-])c1. The predicted molar refractivity (Wildman–Crippen MR) is 83.4 cm³/mol. The van der Waals surface area contributed by atoms with Gasteiger partial charge in [-0.05, 0) is 64.5 Å². The average Bonchev–Trinajstić information content (AvgIpc) is 2.46. The normalized spacial score (nSPS) is 19.1. The maximum atomic E-state index is 11.2. The highest BCUT2D eigenvalue weighted by Gasteiger charge is 2.23. The molecule has 0 saturated heterocycles. The topological polar surface area (TPSA) is 52.2 Å². The Labute approximate surface area is 131 Å². The van der Waals surface area contributed by atoms with Gasteiger partial charge in [0.1, 0.15) is 0 Å². The van der Waals surface area contributed by atoms with Crippen LogP contribution in [0.4, 0.5) is 0 Å². The Hall–Kier alpha value is -1.20. The molecule has 2 atom stereocenters. The molecule has 2 aromatic carbocycles. The maximum Gasteiger partial charge on any atom is 0.0411 e. The van der Waals surface area contributed by atoms with E-state index >= 15 is 0 Å². The van der Waals surface area contributed by atoms with Crippen molar-refractivity contribution in [3.05, 3.63) is 63.7 Å². The van der Waals surface area contributed by atoms with Gasteiger partial charge in [-0.3, -0.25) is 4.21 Å². The summed E-state index contributed by atoms with van der Waals surface area (Å²) in [7, 11) is 0. The van der Waals surface area contributed by atoms with Gasteiger partial charge < -0.3 is 9.87 Å². The minimum atomic E-state index is -2.21. The summed E-state index contributed by atoms with van der Waals surface area (Å²) in [5.74, 6) is 0.120. The summed E-state index contributed by atoms with van der Waals surface area (Å²) in [5, 5.41) is 4.13. The van der Waals surface area contributed by atoms with Crippen LogP contribution in [0.25, 0.3) is 0 Å². The highest BCUT2D eigenvalue weighted by Crippen LogP contribution is 2.34. The molecule has 0 fully saturated rings. The molecule has 5 heteroatoms. The summed E-state index contributed by atoms with van der Waals surface area (Å²) >= 11 is 3.99. The highest BCUT2D eigenvalue weighted by molar-refractivity contribution is 7.79. The predicted octanol–water partition coefficient (Wildman–Crippen LogP) is 3.12. The largest absolute Gasteiger partial charge is 0.768 e. The number of hydrogen-bond acceptors (Lipinski definition) is 3. The van der Waals surface area contributed by atoms with Crippen LogP contribution < -0.4 is 5.32 Å². The summed E-state index contributed by atoms with van der Waals surface area (Å²) in [5.41, 5.74) is 4.60. The molecule has 3 nitrogen and oxygen atoms in total. The van der Waals surface area contributed by atoms with Gasteiger partial charge in [-0.25, -0.2) is 0 Å². The number of nitrogens with one attached hydrogen (secondary N) is 1. The zero-order valence-corrected chi connectivity index (χ0v) is 13.1. The molecule has 0 aliphatic carbocycles. The summed E-state index contributed by atoms with van der Waals surface area (Å²) in [6.07, 6.45) is 0. The minimum absolute atomic E-state index is 0.120. The van der Waals surface area contributed by atoms with Gasteiger partial charge in [0.15, 0.2) is 0 Å². The molecule has 0 bridgehead atoms. The number of halogens is 1. The van der Waals surface area contributed by atoms with Crippen molar-refractivity contribution in [3.8, 4) is 0 Å². The molecule has 0 aromatic heterocycles. The van der Waals surface area contributed by atoms with Crippen molar-refractivity contribution in [2.75, 3.05) is 6.54 Å². The molecule has 1 unspecified atom stereocenters. The van der Waals surface area contributed by atoms with E-state index in [1.807, 2.05) is 18.2 Å². The Balaban J connectivity index is 2.10. The molecule has 3 rings (SSSR count). The third kappa shape index (κ3) is 2.90. The van der Waals surface area contributed by atoms with Crippen LogP contribution in [-0.4, -0.2) is 15.3 Å². The van der Waals surface area contributed by atoms with Gasteiger partial charge in [0.25, 0.3) is 0 Å². The smallest absolute Gasteiger partial charge is 0.0411 e. The second kappa shape index (κ2) is 5.89. The van der Waals surface area contributed by atoms with Crippen LogP contribution in [0, 0.1) is 6.92 Å². The van der Waals surface area contributed by atoms with E-state index in [4.69, 9.17) is 11.6 Å². The van der Waals surface area contributed by atoms with Crippen molar-refractivity contribution in [2.45, 2.75) is 24.3 Å². The number of rotatable bonds is 2. The van der Waals surface area contributed by atoms with Gasteiger partial charge in [0, 0.05) is 28.9 Å². The number of aryl methyl sites for hydroxylation is 1. The molecule has 2 aromatic rings. The molecule has 0 saturated carbocycles. The fourth-order valence-electron chi connectivity index (χ4n) is 2.94. The van der Waals surface area contributed by atoms with E-state index in [1.165, 1.54) is 16.7 Å². The van der Waals surface area contributed by atoms with Crippen LogP contribution in [-0.2, 0) is 17.6 Å². The standard InChI is InChI=1S/C16H16ClNO2S/c1-10-5-12(17)7-14-15(10)8-18-9-16(14)11-3-2-4-13(6-11)21(19)20/h2-7,16,18H,8-9H2,1H3,(H,19,20)/p-1/t16-/m0/s1. The summed E-state index contributed by atoms with van der Waals surface area (Å²) in [4.78, 5) is 0.318. The minimum Gasteiger partial charge on any atom is -0.768 e. The Bertz CT molecular complexity index is 717. The summed E-state index contributed by atoms with van der Waals surface area (Å²) in [6.45, 7) is 3.65. The van der Waals surface area contributed by atoms with E-state index in [2.05, 4.69) is 12.2 Å². The van der Waals surface area contributed by atoms with E-state index in [1.54, 1.807) is 18.2 Å². The van der Waals surface area contributed by atoms with E-state index in [0.717, 1.165) is 23.7 Å². The highest BCUT2D eigenvalue weighted by atomic mass is 35.5. The quantitative estimate of drug-likeness (QED) is 0.865. The molecular weight excluding hydrogens is 306 g/mol. The van der Waals surface area contributed by atoms with Gasteiger partial charge >= 0.3 is 0 Å². The van der Waals surface area contributed by atoms with Crippen LogP contribution in [0.15, 0.2) is 41.3 Å². The molecule has 0 amide bonds. The Morgan fingerprint density at radius 2 is 2.14 bits per heavy atom. The lowest BCUT2D eigenvalue weighted by atomic mass is 9.84. The fraction of sp³-hybridized carbons (Fsp3) is 0.250. The molecule has 1 N–H and O–H groups in total. The first-order valence-corrected chi connectivity index (χ1v) is 8.20. The molecule has 0 radical (unpaired) electrons. The first-order chi connectivity index (χ1) is 10.1. The third-order valence-electron chi connectivity index (χ3n) is 3.95. The van der Waals surface area contributed by atoms with Crippen molar-refractivity contribution in [2.24, 2.45) is 0 Å². The number of hydrogen-bond donors (Lipinski definition) is 1. The van der Waals surface area contributed by atoms with Crippen molar-refractivity contribution < 1.29 is 8.76 Å². The van der Waals surface area contributed by atoms with Gasteiger partial charge in [-0.2, -0.15) is 0 Å². The van der Waals surface area contributed by atoms with Crippen LogP contribution in [0.1, 0.15) is 28.2 Å². The van der Waals surface area contributed by atoms with Crippen molar-refractivity contribution in [1.29, 1.82) is 0 Å². The lowest BCUT2D eigenvalue weighted by Crippen LogP contribution is -2.29. The summed E-state index contributed by atoms with van der Waals surface area (Å²) < 4.78 is 22.3. The Morgan fingerprint density at radius 1 is 1.33 bits per heavy atom. The molecule has 110 valence electrons. The van der Waals surface area contributed by atoms with Crippen LogP contribution >= 0.6 is 11.6 Å². The van der Waals surface area contributed by atoms with Crippen LogP contribution in [0.2, 0.25) is 5.02 Å². The van der Waals surface area contributed by atoms with Crippen molar-refractivity contribution in [1.82, 2.24) is 5.32 Å². The maximum absolute atomic E-state index is 11.2. The molecule has 1 aliphatic heterocycles. The monoisotopic (exact) mass is 320 g/mol. The van der Waals surface area contributed by atoms with Gasteiger partial charge in [-0.15, -0.1) is 0 Å². The molecule has 0 spiro atoms. The molecule has 1 aliphatic rings. The Morgan fingerprint density at radius 3 is 2.90 bits per heavy atom. The fourth-order valence-corrected chi connectivity index (χ4v) is 3.64. The third-order valence-corrected chi connectivity index (χ3v) is 4.81. The van der Waals surface area contributed by atoms with Gasteiger partial charge in [0.05, 0.1) is 0 Å². The Kier molecular flexibility index (Phi) is 4.13. The number of benzene rings is 2. The van der Waals surface area contributed by atoms with E-state index in [0.29, 0.717) is 4.90 Å². The zero-order chi connectivity index (χ0) is 15.0. The first-order valence-electron chi connectivity index (χ1n) is 6.75. The van der Waals surface area contributed by atoms with Crippen molar-refractivity contribution in [3.63, 3.8) is 0 Å². The second-order valence-corrected chi connectivity index (χ2v) is 6.66. The van der Waals surface area contributed by atoms with Crippen LogP contribution in [0.5, 0.6) is 0 Å². The second-order valence-electron chi connectivity index (χ2n) is 5.28. The van der Waals surface area contributed by atoms with Gasteiger partial charge in [-0.1, -0.05) is 23.7 Å². The molecule has 21 heavy (non-hydrogen) atoms. The van der Waals surface area contributed by atoms with Gasteiger partial charge in [0.2, 0.25) is 0 Å². The number of fused-ring (bicyclic) bond motifs is 1. The lowest BCUT2D eigenvalue weighted by Gasteiger charge is -2.29. The average molecular weight is 321 g/mol. The summed E-state index contributed by atoms with van der Waals surface area (Å²) in [6, 6.07) is 11.1. The van der Waals surface area contributed by atoms with E-state index in [9.17, 15) is 8.76 Å². The molecule has 1 heterocycles. The molecular formula is C16H15ClNO2S-. The first kappa shape index (κ1) is 14.7. The lowest BCUT2D eigenvalue weighted by molar-refractivity contribution is 0.536.